The molecule has 2 rings (SSSR count). The minimum Gasteiger partial charge on any atom is -0.507 e. The van der Waals surface area contributed by atoms with E-state index in [1.54, 1.807) is 6.20 Å². The Morgan fingerprint density at radius 3 is 2.79 bits per heavy atom. The molecule has 0 atom stereocenters. The fraction of sp³-hybridized carbons (Fsp3) is 0.100. The molecule has 14 heavy (non-hydrogen) atoms. The fourth-order valence-electron chi connectivity index (χ4n) is 1.25. The lowest BCUT2D eigenvalue weighted by Gasteiger charge is -2.00. The van der Waals surface area contributed by atoms with Gasteiger partial charge in [-0.15, -0.1) is 0 Å². The van der Waals surface area contributed by atoms with Crippen molar-refractivity contribution in [1.82, 2.24) is 9.97 Å². The van der Waals surface area contributed by atoms with Crippen LogP contribution < -0.4 is 0 Å². The maximum Gasteiger partial charge on any atom is 0.141 e. The van der Waals surface area contributed by atoms with E-state index in [2.05, 4.69) is 9.97 Å². The van der Waals surface area contributed by atoms with E-state index in [1.165, 1.54) is 12.1 Å². The Morgan fingerprint density at radius 2 is 2.21 bits per heavy atom. The van der Waals surface area contributed by atoms with E-state index in [0.29, 0.717) is 11.4 Å². The second-order valence-corrected chi connectivity index (χ2v) is 3.08. The molecule has 0 saturated heterocycles. The highest BCUT2D eigenvalue weighted by Gasteiger charge is 2.07. The van der Waals surface area contributed by atoms with Gasteiger partial charge in [0.2, 0.25) is 0 Å². The number of aromatic amines is 1. The van der Waals surface area contributed by atoms with Gasteiger partial charge >= 0.3 is 0 Å². The first-order valence-electron chi connectivity index (χ1n) is 4.17. The number of phenolic OH excluding ortho intramolecular Hbond substituents is 1. The summed E-state index contributed by atoms with van der Waals surface area (Å²) in [6, 6.07) is 3.84. The van der Waals surface area contributed by atoms with Gasteiger partial charge in [-0.1, -0.05) is 0 Å². The van der Waals surface area contributed by atoms with Crippen molar-refractivity contribution < 1.29 is 9.50 Å². The summed E-state index contributed by atoms with van der Waals surface area (Å²) >= 11 is 0. The monoisotopic (exact) mass is 192 g/mol. The zero-order valence-corrected chi connectivity index (χ0v) is 7.58. The molecule has 0 radical (unpaired) electrons. The van der Waals surface area contributed by atoms with E-state index >= 15 is 0 Å². The van der Waals surface area contributed by atoms with Crippen LogP contribution in [-0.2, 0) is 0 Å². The molecule has 2 N–H and O–H groups in total. The van der Waals surface area contributed by atoms with E-state index in [9.17, 15) is 9.50 Å². The van der Waals surface area contributed by atoms with Crippen molar-refractivity contribution in [2.24, 2.45) is 0 Å². The maximum absolute atomic E-state index is 12.7. The number of rotatable bonds is 1. The van der Waals surface area contributed by atoms with Crippen LogP contribution in [0.15, 0.2) is 24.4 Å². The van der Waals surface area contributed by atoms with Crippen molar-refractivity contribution in [1.29, 1.82) is 0 Å². The molecule has 4 heteroatoms. The summed E-state index contributed by atoms with van der Waals surface area (Å²) < 4.78 is 12.7. The number of H-pyrrole nitrogens is 1. The van der Waals surface area contributed by atoms with E-state index in [4.69, 9.17) is 0 Å². The van der Waals surface area contributed by atoms with Gasteiger partial charge in [-0.2, -0.15) is 0 Å². The van der Waals surface area contributed by atoms with Crippen molar-refractivity contribution in [3.63, 3.8) is 0 Å². The summed E-state index contributed by atoms with van der Waals surface area (Å²) in [7, 11) is 0. The van der Waals surface area contributed by atoms with Gasteiger partial charge in [0.1, 0.15) is 17.4 Å². The second-order valence-electron chi connectivity index (χ2n) is 3.08. The third kappa shape index (κ3) is 1.46. The third-order valence-electron chi connectivity index (χ3n) is 1.92. The Morgan fingerprint density at radius 1 is 1.43 bits per heavy atom. The highest BCUT2D eigenvalue weighted by Crippen LogP contribution is 2.26. The van der Waals surface area contributed by atoms with Crippen LogP contribution in [-0.4, -0.2) is 15.1 Å². The Balaban J connectivity index is 2.52. The van der Waals surface area contributed by atoms with Gasteiger partial charge < -0.3 is 10.1 Å². The van der Waals surface area contributed by atoms with Gasteiger partial charge in [-0.05, 0) is 19.1 Å². The van der Waals surface area contributed by atoms with Crippen LogP contribution in [0.3, 0.4) is 0 Å². The van der Waals surface area contributed by atoms with Gasteiger partial charge in [-0.3, -0.25) is 0 Å². The number of hydrogen-bond acceptors (Lipinski definition) is 2. The molecule has 0 unspecified atom stereocenters. The summed E-state index contributed by atoms with van der Waals surface area (Å²) in [6.07, 6.45) is 1.65. The molecular formula is C10H9FN2O. The molecule has 0 aliphatic heterocycles. The third-order valence-corrected chi connectivity index (χ3v) is 1.92. The van der Waals surface area contributed by atoms with Gasteiger partial charge in [0.05, 0.1) is 5.56 Å². The number of imidazole rings is 1. The number of aryl methyl sites for hydroxylation is 1. The molecule has 1 aromatic carbocycles. The van der Waals surface area contributed by atoms with Crippen LogP contribution in [0.2, 0.25) is 0 Å². The van der Waals surface area contributed by atoms with Gasteiger partial charge in [0.15, 0.2) is 0 Å². The van der Waals surface area contributed by atoms with E-state index in [1.807, 2.05) is 6.92 Å². The van der Waals surface area contributed by atoms with Crippen molar-refractivity contribution >= 4 is 0 Å². The topological polar surface area (TPSA) is 48.9 Å². The number of phenols is 1. The number of halogens is 1. The first kappa shape index (κ1) is 8.74. The fourth-order valence-corrected chi connectivity index (χ4v) is 1.25. The van der Waals surface area contributed by atoms with Crippen LogP contribution in [0.5, 0.6) is 5.75 Å². The number of hydrogen-bond donors (Lipinski definition) is 2. The van der Waals surface area contributed by atoms with Gasteiger partial charge in [0, 0.05) is 18.0 Å². The summed E-state index contributed by atoms with van der Waals surface area (Å²) in [5, 5.41) is 9.45. The normalized spacial score (nSPS) is 10.4. The van der Waals surface area contributed by atoms with Gasteiger partial charge in [0.25, 0.3) is 0 Å². The predicted molar refractivity (Wildman–Crippen MR) is 50.4 cm³/mol. The maximum atomic E-state index is 12.7. The van der Waals surface area contributed by atoms with Crippen LogP contribution >= 0.6 is 0 Å². The first-order chi connectivity index (χ1) is 6.66. The summed E-state index contributed by atoms with van der Waals surface area (Å²) in [5.41, 5.74) is 1.39. The average Bonchev–Trinajstić information content (AvgIpc) is 2.51. The predicted octanol–water partition coefficient (Wildman–Crippen LogP) is 2.23. The Kier molecular flexibility index (Phi) is 1.96. The summed E-state index contributed by atoms with van der Waals surface area (Å²) in [4.78, 5) is 7.00. The highest BCUT2D eigenvalue weighted by molar-refractivity contribution is 5.63. The number of aromatic nitrogens is 2. The van der Waals surface area contributed by atoms with Crippen LogP contribution in [0.25, 0.3) is 11.4 Å². The smallest absolute Gasteiger partial charge is 0.141 e. The Bertz CT molecular complexity index is 465. The number of nitrogens with one attached hydrogen (secondary N) is 1. The van der Waals surface area contributed by atoms with Crippen molar-refractivity contribution in [3.8, 4) is 17.1 Å². The largest absolute Gasteiger partial charge is 0.507 e. The zero-order chi connectivity index (χ0) is 10.1. The van der Waals surface area contributed by atoms with E-state index in [-0.39, 0.29) is 5.75 Å². The quantitative estimate of drug-likeness (QED) is 0.727. The van der Waals surface area contributed by atoms with Crippen molar-refractivity contribution in [2.45, 2.75) is 6.92 Å². The molecule has 2 aromatic rings. The molecule has 1 aromatic heterocycles. The van der Waals surface area contributed by atoms with Crippen molar-refractivity contribution in [3.05, 3.63) is 35.9 Å². The Labute approximate surface area is 80.2 Å². The summed E-state index contributed by atoms with van der Waals surface area (Å²) in [6.45, 7) is 1.86. The molecule has 3 nitrogen and oxygen atoms in total. The van der Waals surface area contributed by atoms with Crippen LogP contribution in [0.1, 0.15) is 5.69 Å². The number of nitrogens with zero attached hydrogens (tertiary/aromatic N) is 1. The second kappa shape index (κ2) is 3.14. The molecule has 72 valence electrons. The lowest BCUT2D eigenvalue weighted by atomic mass is 10.2. The standard InChI is InChI=1S/C10H9FN2O/c1-6-5-12-10(13-6)8-3-2-7(11)4-9(8)14/h2-5,14H,1H3,(H,12,13). The van der Waals surface area contributed by atoms with Crippen molar-refractivity contribution in [2.75, 3.05) is 0 Å². The molecule has 0 aliphatic rings. The van der Waals surface area contributed by atoms with Gasteiger partial charge in [-0.25, -0.2) is 9.37 Å². The Hall–Kier alpha value is -1.84. The molecule has 0 fully saturated rings. The molecule has 0 saturated carbocycles. The summed E-state index contributed by atoms with van der Waals surface area (Å²) in [5.74, 6) is -0.0334. The van der Waals surface area contributed by atoms with E-state index in [0.717, 1.165) is 11.8 Å². The molecule has 0 aliphatic carbocycles. The number of benzene rings is 1. The lowest BCUT2D eigenvalue weighted by Crippen LogP contribution is -1.83. The van der Waals surface area contributed by atoms with Crippen LogP contribution in [0.4, 0.5) is 4.39 Å². The SMILES string of the molecule is Cc1cnc(-c2ccc(F)cc2O)[nH]1. The molecular weight excluding hydrogens is 183 g/mol. The van der Waals surface area contributed by atoms with Crippen LogP contribution in [0, 0.1) is 12.7 Å². The average molecular weight is 192 g/mol. The zero-order valence-electron chi connectivity index (χ0n) is 7.58. The molecule has 1 heterocycles. The first-order valence-corrected chi connectivity index (χ1v) is 4.17. The minimum atomic E-state index is -0.463. The minimum absolute atomic E-state index is 0.112. The molecule has 0 bridgehead atoms. The highest BCUT2D eigenvalue weighted by atomic mass is 19.1. The lowest BCUT2D eigenvalue weighted by molar-refractivity contribution is 0.471. The number of aromatic hydroxyl groups is 1. The molecule has 0 spiro atoms. The van der Waals surface area contributed by atoms with E-state index < -0.39 is 5.82 Å². The molecule has 0 amide bonds.